The Morgan fingerprint density at radius 3 is 2.39 bits per heavy atom. The van der Waals surface area contributed by atoms with Crippen LogP contribution in [-0.2, 0) is 14.3 Å². The number of hydrogen-bond donors (Lipinski definition) is 1. The standard InChI is InChI=1S/C25H30N2O4/c1-4-5-6-11-31-25(30)19-7-9-21(10-8-19)26-24(29)20-15-23(28)27(16-20)22-13-17(2)12-18(3)14-22/h7-10,12-14,20H,4-6,11,15-16H2,1-3H3,(H,26,29)/t20-/m1/s1. The molecule has 164 valence electrons. The van der Waals surface area contributed by atoms with Crippen molar-refractivity contribution in [2.24, 2.45) is 5.92 Å². The van der Waals surface area contributed by atoms with E-state index in [1.165, 1.54) is 0 Å². The lowest BCUT2D eigenvalue weighted by atomic mass is 10.1. The van der Waals surface area contributed by atoms with Crippen LogP contribution in [0.2, 0.25) is 0 Å². The Labute approximate surface area is 183 Å². The first-order valence-electron chi connectivity index (χ1n) is 10.8. The van der Waals surface area contributed by atoms with E-state index in [0.717, 1.165) is 36.1 Å². The number of rotatable bonds is 8. The largest absolute Gasteiger partial charge is 0.462 e. The van der Waals surface area contributed by atoms with Gasteiger partial charge in [0.25, 0.3) is 0 Å². The maximum atomic E-state index is 12.7. The van der Waals surface area contributed by atoms with Crippen LogP contribution in [-0.4, -0.2) is 30.9 Å². The molecule has 0 bridgehead atoms. The molecule has 3 rings (SSSR count). The molecule has 0 aromatic heterocycles. The monoisotopic (exact) mass is 422 g/mol. The zero-order chi connectivity index (χ0) is 22.4. The summed E-state index contributed by atoms with van der Waals surface area (Å²) in [6.07, 6.45) is 3.14. The van der Waals surface area contributed by atoms with Crippen molar-refractivity contribution in [3.8, 4) is 0 Å². The minimum atomic E-state index is -0.420. The van der Waals surface area contributed by atoms with E-state index in [1.807, 2.05) is 26.0 Å². The van der Waals surface area contributed by atoms with Gasteiger partial charge in [0.1, 0.15) is 0 Å². The fourth-order valence-electron chi connectivity index (χ4n) is 3.77. The lowest BCUT2D eigenvalue weighted by Crippen LogP contribution is -2.28. The molecule has 0 radical (unpaired) electrons. The number of unbranched alkanes of at least 4 members (excludes halogenated alkanes) is 2. The first kappa shape index (κ1) is 22.5. The molecule has 1 N–H and O–H groups in total. The zero-order valence-electron chi connectivity index (χ0n) is 18.4. The van der Waals surface area contributed by atoms with Gasteiger partial charge in [-0.2, -0.15) is 0 Å². The summed E-state index contributed by atoms with van der Waals surface area (Å²) in [6, 6.07) is 12.6. The molecule has 0 saturated carbocycles. The maximum Gasteiger partial charge on any atom is 0.338 e. The molecule has 0 spiro atoms. The van der Waals surface area contributed by atoms with Crippen LogP contribution >= 0.6 is 0 Å². The predicted molar refractivity (Wildman–Crippen MR) is 121 cm³/mol. The summed E-state index contributed by atoms with van der Waals surface area (Å²) < 4.78 is 5.25. The van der Waals surface area contributed by atoms with Crippen LogP contribution in [0.3, 0.4) is 0 Å². The highest BCUT2D eigenvalue weighted by molar-refractivity contribution is 6.03. The predicted octanol–water partition coefficient (Wildman–Crippen LogP) is 4.64. The molecule has 1 aliphatic heterocycles. The molecule has 31 heavy (non-hydrogen) atoms. The summed E-state index contributed by atoms with van der Waals surface area (Å²) in [7, 11) is 0. The molecule has 1 heterocycles. The van der Waals surface area contributed by atoms with E-state index in [1.54, 1.807) is 29.2 Å². The SMILES string of the molecule is CCCCCOC(=O)c1ccc(NC(=O)[C@@H]2CC(=O)N(c3cc(C)cc(C)c3)C2)cc1. The molecule has 6 heteroatoms. The minimum absolute atomic E-state index is 0.0497. The summed E-state index contributed by atoms with van der Waals surface area (Å²) in [6.45, 7) is 6.85. The number of carbonyl (C=O) groups is 3. The van der Waals surface area contributed by atoms with E-state index in [-0.39, 0.29) is 24.2 Å². The highest BCUT2D eigenvalue weighted by Gasteiger charge is 2.35. The van der Waals surface area contributed by atoms with E-state index < -0.39 is 5.92 Å². The lowest BCUT2D eigenvalue weighted by Gasteiger charge is -2.18. The van der Waals surface area contributed by atoms with Gasteiger partial charge in [0.05, 0.1) is 18.1 Å². The van der Waals surface area contributed by atoms with Crippen molar-refractivity contribution in [2.75, 3.05) is 23.4 Å². The molecule has 0 unspecified atom stereocenters. The summed E-state index contributed by atoms with van der Waals surface area (Å²) >= 11 is 0. The molecule has 2 aromatic carbocycles. The van der Waals surface area contributed by atoms with E-state index in [9.17, 15) is 14.4 Å². The average molecular weight is 423 g/mol. The van der Waals surface area contributed by atoms with Crippen LogP contribution < -0.4 is 10.2 Å². The number of nitrogens with one attached hydrogen (secondary N) is 1. The number of ether oxygens (including phenoxy) is 1. The molecule has 2 aromatic rings. The molecule has 1 fully saturated rings. The second-order valence-corrected chi connectivity index (χ2v) is 8.16. The summed E-state index contributed by atoms with van der Waals surface area (Å²) in [5, 5.41) is 2.86. The van der Waals surface area contributed by atoms with Gasteiger partial charge in [0.15, 0.2) is 0 Å². The highest BCUT2D eigenvalue weighted by Crippen LogP contribution is 2.27. The fourth-order valence-corrected chi connectivity index (χ4v) is 3.77. The Kier molecular flexibility index (Phi) is 7.45. The molecule has 2 amide bonds. The van der Waals surface area contributed by atoms with Crippen LogP contribution in [0.1, 0.15) is 54.1 Å². The van der Waals surface area contributed by atoms with E-state index >= 15 is 0 Å². The van der Waals surface area contributed by atoms with Crippen LogP contribution in [0.15, 0.2) is 42.5 Å². The van der Waals surface area contributed by atoms with Crippen LogP contribution in [0, 0.1) is 19.8 Å². The third-order valence-electron chi connectivity index (χ3n) is 5.38. The smallest absolute Gasteiger partial charge is 0.338 e. The Morgan fingerprint density at radius 2 is 1.74 bits per heavy atom. The molecule has 1 aliphatic rings. The zero-order valence-corrected chi connectivity index (χ0v) is 18.4. The molecule has 6 nitrogen and oxygen atoms in total. The van der Waals surface area contributed by atoms with E-state index in [4.69, 9.17) is 4.74 Å². The van der Waals surface area contributed by atoms with Gasteiger partial charge in [-0.3, -0.25) is 9.59 Å². The van der Waals surface area contributed by atoms with Crippen molar-refractivity contribution >= 4 is 29.2 Å². The van der Waals surface area contributed by atoms with E-state index in [0.29, 0.717) is 24.4 Å². The van der Waals surface area contributed by atoms with Gasteiger partial charge in [0.2, 0.25) is 11.8 Å². The Balaban J connectivity index is 1.56. The fraction of sp³-hybridized carbons (Fsp3) is 0.400. The van der Waals surface area contributed by atoms with Crippen LogP contribution in [0.5, 0.6) is 0 Å². The van der Waals surface area contributed by atoms with Crippen molar-refractivity contribution in [3.05, 3.63) is 59.2 Å². The quantitative estimate of drug-likeness (QED) is 0.497. The number of benzene rings is 2. The van der Waals surface area contributed by atoms with Crippen molar-refractivity contribution in [2.45, 2.75) is 46.5 Å². The van der Waals surface area contributed by atoms with Gasteiger partial charge in [0, 0.05) is 24.3 Å². The molecule has 1 atom stereocenters. The number of esters is 1. The summed E-state index contributed by atoms with van der Waals surface area (Å²) in [4.78, 5) is 39.0. The van der Waals surface area contributed by atoms with Crippen molar-refractivity contribution in [1.29, 1.82) is 0 Å². The summed E-state index contributed by atoms with van der Waals surface area (Å²) in [5.41, 5.74) is 4.04. The first-order chi connectivity index (χ1) is 14.9. The Bertz CT molecular complexity index is 932. The average Bonchev–Trinajstić information content (AvgIpc) is 3.13. The van der Waals surface area contributed by atoms with Gasteiger partial charge < -0.3 is 15.0 Å². The normalized spacial score (nSPS) is 15.8. The number of amides is 2. The highest BCUT2D eigenvalue weighted by atomic mass is 16.5. The number of aryl methyl sites for hydroxylation is 2. The third kappa shape index (κ3) is 5.94. The van der Waals surface area contributed by atoms with Gasteiger partial charge in [-0.1, -0.05) is 25.8 Å². The second kappa shape index (κ2) is 10.2. The lowest BCUT2D eigenvalue weighted by molar-refractivity contribution is -0.122. The first-order valence-corrected chi connectivity index (χ1v) is 10.8. The van der Waals surface area contributed by atoms with Gasteiger partial charge in [-0.05, 0) is 67.8 Å². The maximum absolute atomic E-state index is 12.7. The molecular weight excluding hydrogens is 392 g/mol. The summed E-state index contributed by atoms with van der Waals surface area (Å²) in [5.74, 6) is -1.03. The van der Waals surface area contributed by atoms with Crippen molar-refractivity contribution in [3.63, 3.8) is 0 Å². The van der Waals surface area contributed by atoms with Crippen LogP contribution in [0.4, 0.5) is 11.4 Å². The van der Waals surface area contributed by atoms with Gasteiger partial charge in [-0.25, -0.2) is 4.79 Å². The van der Waals surface area contributed by atoms with Gasteiger partial charge >= 0.3 is 5.97 Å². The molecule has 1 saturated heterocycles. The molecule has 0 aliphatic carbocycles. The topological polar surface area (TPSA) is 75.7 Å². The van der Waals surface area contributed by atoms with Crippen LogP contribution in [0.25, 0.3) is 0 Å². The minimum Gasteiger partial charge on any atom is -0.462 e. The van der Waals surface area contributed by atoms with E-state index in [2.05, 4.69) is 18.3 Å². The number of carbonyl (C=O) groups excluding carboxylic acids is 3. The Hall–Kier alpha value is -3.15. The number of nitrogens with zero attached hydrogens (tertiary/aromatic N) is 1. The van der Waals surface area contributed by atoms with Gasteiger partial charge in [-0.15, -0.1) is 0 Å². The third-order valence-corrected chi connectivity index (χ3v) is 5.38. The van der Waals surface area contributed by atoms with Crippen molar-refractivity contribution in [1.82, 2.24) is 0 Å². The van der Waals surface area contributed by atoms with Crippen molar-refractivity contribution < 1.29 is 19.1 Å². The number of hydrogen-bond acceptors (Lipinski definition) is 4. The number of anilines is 2. The Morgan fingerprint density at radius 1 is 1.06 bits per heavy atom. The second-order valence-electron chi connectivity index (χ2n) is 8.16. The molecular formula is C25H30N2O4.